The molecule has 0 fully saturated rings. The number of likely N-dealkylation sites (N-methyl/N-ethyl adjacent to an activating group) is 1. The molecule has 0 radical (unpaired) electrons. The highest BCUT2D eigenvalue weighted by Crippen LogP contribution is 2.20. The summed E-state index contributed by atoms with van der Waals surface area (Å²) in [6, 6.07) is 6.80. The average Bonchev–Trinajstić information content (AvgIpc) is 2.41. The van der Waals surface area contributed by atoms with Crippen molar-refractivity contribution in [1.29, 1.82) is 0 Å². The summed E-state index contributed by atoms with van der Waals surface area (Å²) in [6.07, 6.45) is 0. The van der Waals surface area contributed by atoms with Gasteiger partial charge in [0.15, 0.2) is 0 Å². The van der Waals surface area contributed by atoms with Crippen LogP contribution in [0, 0.1) is 0 Å². The zero-order valence-electron chi connectivity index (χ0n) is 12.8. The van der Waals surface area contributed by atoms with Crippen LogP contribution in [-0.2, 0) is 16.1 Å². The first-order valence-electron chi connectivity index (χ1n) is 6.73. The van der Waals surface area contributed by atoms with Crippen molar-refractivity contribution in [2.24, 2.45) is 0 Å². The fourth-order valence-electron chi connectivity index (χ4n) is 2.01. The van der Waals surface area contributed by atoms with Crippen LogP contribution < -0.4 is 5.32 Å². The van der Waals surface area contributed by atoms with Crippen LogP contribution in [0.1, 0.15) is 26.3 Å². The van der Waals surface area contributed by atoms with E-state index >= 15 is 0 Å². The Morgan fingerprint density at radius 2 is 1.95 bits per heavy atom. The maximum Gasteiger partial charge on any atom is 0.329 e. The summed E-state index contributed by atoms with van der Waals surface area (Å²) >= 11 is 0. The molecule has 0 aromatic heterocycles. The first-order chi connectivity index (χ1) is 9.84. The zero-order chi connectivity index (χ0) is 16.0. The summed E-state index contributed by atoms with van der Waals surface area (Å²) in [5, 5.41) is 12.0. The standard InChI is InChI=1S/C15H22N2O4/c1-5-17(15(2,3)13(18)19)14(20)16-12-9-7-6-8-11(12)10-21-4/h6-9H,5,10H2,1-4H3,(H,16,20)(H,18,19). The number of benzene rings is 1. The molecule has 0 saturated heterocycles. The third-order valence-electron chi connectivity index (χ3n) is 3.32. The van der Waals surface area contributed by atoms with Crippen LogP contribution in [0.15, 0.2) is 24.3 Å². The molecule has 2 N–H and O–H groups in total. The summed E-state index contributed by atoms with van der Waals surface area (Å²) in [4.78, 5) is 24.9. The molecule has 0 atom stereocenters. The van der Waals surface area contributed by atoms with Gasteiger partial charge in [0.2, 0.25) is 0 Å². The van der Waals surface area contributed by atoms with Crippen molar-refractivity contribution in [3.05, 3.63) is 29.8 Å². The highest BCUT2D eigenvalue weighted by Gasteiger charge is 2.37. The lowest BCUT2D eigenvalue weighted by Crippen LogP contribution is -2.54. The van der Waals surface area contributed by atoms with E-state index in [-0.39, 0.29) is 6.54 Å². The Labute approximate surface area is 124 Å². The predicted molar refractivity (Wildman–Crippen MR) is 80.3 cm³/mol. The van der Waals surface area contributed by atoms with E-state index < -0.39 is 17.5 Å². The molecule has 0 aliphatic rings. The van der Waals surface area contributed by atoms with Gasteiger partial charge >= 0.3 is 12.0 Å². The molecule has 0 aliphatic carbocycles. The van der Waals surface area contributed by atoms with Crippen LogP contribution in [-0.4, -0.2) is 41.2 Å². The second-order valence-electron chi connectivity index (χ2n) is 5.13. The van der Waals surface area contributed by atoms with Crippen LogP contribution >= 0.6 is 0 Å². The number of ether oxygens (including phenoxy) is 1. The number of hydrogen-bond acceptors (Lipinski definition) is 3. The molecular weight excluding hydrogens is 272 g/mol. The minimum atomic E-state index is -1.28. The van der Waals surface area contributed by atoms with Gasteiger partial charge in [0.05, 0.1) is 6.61 Å². The highest BCUT2D eigenvalue weighted by molar-refractivity contribution is 5.94. The largest absolute Gasteiger partial charge is 0.480 e. The van der Waals surface area contributed by atoms with Crippen LogP contribution in [0.5, 0.6) is 0 Å². The molecule has 6 nitrogen and oxygen atoms in total. The van der Waals surface area contributed by atoms with Crippen molar-refractivity contribution >= 4 is 17.7 Å². The quantitative estimate of drug-likeness (QED) is 0.845. The lowest BCUT2D eigenvalue weighted by Gasteiger charge is -2.34. The molecule has 1 aromatic carbocycles. The topological polar surface area (TPSA) is 78.9 Å². The van der Waals surface area contributed by atoms with Gasteiger partial charge in [-0.05, 0) is 26.8 Å². The van der Waals surface area contributed by atoms with E-state index in [2.05, 4.69) is 5.32 Å². The number of rotatable bonds is 6. The second-order valence-corrected chi connectivity index (χ2v) is 5.13. The van der Waals surface area contributed by atoms with E-state index in [1.807, 2.05) is 12.1 Å². The Morgan fingerprint density at radius 1 is 1.33 bits per heavy atom. The molecule has 6 heteroatoms. The Balaban J connectivity index is 2.96. The van der Waals surface area contributed by atoms with Gasteiger partial charge in [-0.15, -0.1) is 0 Å². The number of carbonyl (C=O) groups is 2. The maximum absolute atomic E-state index is 12.4. The monoisotopic (exact) mass is 294 g/mol. The Kier molecular flexibility index (Phi) is 5.72. The fraction of sp³-hybridized carbons (Fsp3) is 0.467. The van der Waals surface area contributed by atoms with Gasteiger partial charge in [-0.3, -0.25) is 0 Å². The third kappa shape index (κ3) is 3.95. The van der Waals surface area contributed by atoms with Crippen molar-refractivity contribution < 1.29 is 19.4 Å². The fourth-order valence-corrected chi connectivity index (χ4v) is 2.01. The summed E-state index contributed by atoms with van der Waals surface area (Å²) in [6.45, 7) is 5.40. The molecule has 116 valence electrons. The number of hydrogen-bond donors (Lipinski definition) is 2. The van der Waals surface area contributed by atoms with Crippen LogP contribution in [0.2, 0.25) is 0 Å². The Hall–Kier alpha value is -2.08. The number of carbonyl (C=O) groups excluding carboxylic acids is 1. The lowest BCUT2D eigenvalue weighted by molar-refractivity contribution is -0.147. The molecule has 0 aliphatic heterocycles. The van der Waals surface area contributed by atoms with Crippen molar-refractivity contribution in [3.63, 3.8) is 0 Å². The van der Waals surface area contributed by atoms with E-state index in [9.17, 15) is 14.7 Å². The number of nitrogens with zero attached hydrogens (tertiary/aromatic N) is 1. The molecule has 1 aromatic rings. The van der Waals surface area contributed by atoms with Gasteiger partial charge in [0, 0.05) is 24.9 Å². The van der Waals surface area contributed by atoms with Gasteiger partial charge in [-0.2, -0.15) is 0 Å². The number of para-hydroxylation sites is 1. The number of aliphatic carboxylic acids is 1. The smallest absolute Gasteiger partial charge is 0.329 e. The highest BCUT2D eigenvalue weighted by atomic mass is 16.5. The zero-order valence-corrected chi connectivity index (χ0v) is 12.8. The first-order valence-corrected chi connectivity index (χ1v) is 6.73. The van der Waals surface area contributed by atoms with E-state index in [1.165, 1.54) is 18.7 Å². The van der Waals surface area contributed by atoms with Crippen molar-refractivity contribution in [2.75, 3.05) is 19.0 Å². The van der Waals surface area contributed by atoms with Crippen molar-refractivity contribution in [1.82, 2.24) is 4.90 Å². The summed E-state index contributed by atoms with van der Waals surface area (Å²) in [5.74, 6) is -1.05. The predicted octanol–water partition coefficient (Wildman–Crippen LogP) is 2.55. The molecular formula is C15H22N2O4. The summed E-state index contributed by atoms with van der Waals surface area (Å²) < 4.78 is 5.08. The first kappa shape index (κ1) is 17.0. The molecule has 0 saturated carbocycles. The minimum absolute atomic E-state index is 0.289. The lowest BCUT2D eigenvalue weighted by atomic mass is 10.0. The number of amides is 2. The Morgan fingerprint density at radius 3 is 2.48 bits per heavy atom. The minimum Gasteiger partial charge on any atom is -0.480 e. The van der Waals surface area contributed by atoms with Gasteiger partial charge in [-0.1, -0.05) is 18.2 Å². The second kappa shape index (κ2) is 7.08. The number of anilines is 1. The maximum atomic E-state index is 12.4. The van der Waals surface area contributed by atoms with Crippen LogP contribution in [0.25, 0.3) is 0 Å². The van der Waals surface area contributed by atoms with Crippen molar-refractivity contribution in [2.45, 2.75) is 32.9 Å². The van der Waals surface area contributed by atoms with E-state index in [1.54, 1.807) is 26.2 Å². The molecule has 21 heavy (non-hydrogen) atoms. The van der Waals surface area contributed by atoms with Crippen LogP contribution in [0.4, 0.5) is 10.5 Å². The van der Waals surface area contributed by atoms with Gasteiger partial charge in [0.25, 0.3) is 0 Å². The van der Waals surface area contributed by atoms with Crippen molar-refractivity contribution in [3.8, 4) is 0 Å². The van der Waals surface area contributed by atoms with Gasteiger partial charge < -0.3 is 20.1 Å². The molecule has 0 bridgehead atoms. The molecule has 0 unspecified atom stereocenters. The summed E-state index contributed by atoms with van der Waals surface area (Å²) in [7, 11) is 1.57. The van der Waals surface area contributed by atoms with Crippen LogP contribution in [0.3, 0.4) is 0 Å². The molecule has 0 spiro atoms. The molecule has 2 amide bonds. The average molecular weight is 294 g/mol. The summed E-state index contributed by atoms with van der Waals surface area (Å²) in [5.41, 5.74) is 0.163. The molecule has 1 rings (SSSR count). The number of nitrogens with one attached hydrogen (secondary N) is 1. The van der Waals surface area contributed by atoms with Gasteiger partial charge in [0.1, 0.15) is 5.54 Å². The molecule has 0 heterocycles. The van der Waals surface area contributed by atoms with E-state index in [0.717, 1.165) is 5.56 Å². The normalized spacial score (nSPS) is 11.0. The number of carboxylic acids is 1. The number of methoxy groups -OCH3 is 1. The van der Waals surface area contributed by atoms with E-state index in [0.29, 0.717) is 12.3 Å². The van der Waals surface area contributed by atoms with E-state index in [4.69, 9.17) is 4.74 Å². The number of urea groups is 1. The number of carboxylic acid groups (broad SMARTS) is 1. The third-order valence-corrected chi connectivity index (χ3v) is 3.32. The SMILES string of the molecule is CCN(C(=O)Nc1ccccc1COC)C(C)(C)C(=O)O. The van der Waals surface area contributed by atoms with Gasteiger partial charge in [-0.25, -0.2) is 9.59 Å². The Bertz CT molecular complexity index is 514.